The zero-order valence-electron chi connectivity index (χ0n) is 11.7. The number of carboxylic acid groups (broad SMARTS) is 1. The molecule has 0 spiro atoms. The summed E-state index contributed by atoms with van der Waals surface area (Å²) in [5.74, 6) is -1.35. The second-order valence-corrected chi connectivity index (χ2v) is 7.15. The Balaban J connectivity index is 2.34. The third-order valence-corrected chi connectivity index (χ3v) is 5.06. The van der Waals surface area contributed by atoms with Crippen molar-refractivity contribution in [3.05, 3.63) is 64.7 Å². The van der Waals surface area contributed by atoms with E-state index in [4.69, 9.17) is 16.7 Å². The van der Waals surface area contributed by atoms with Gasteiger partial charge in [-0.3, -0.25) is 4.31 Å². The van der Waals surface area contributed by atoms with Crippen LogP contribution in [-0.4, -0.2) is 26.5 Å². The molecule has 0 amide bonds. The molecule has 0 aliphatic heterocycles. The third kappa shape index (κ3) is 3.78. The number of aromatic carboxylic acids is 1. The molecule has 2 rings (SSSR count). The number of hydrogen-bond acceptors (Lipinski definition) is 3. The smallest absolute Gasteiger partial charge is 0.335 e. The van der Waals surface area contributed by atoms with Crippen molar-refractivity contribution in [3.8, 4) is 0 Å². The van der Waals surface area contributed by atoms with Gasteiger partial charge in [0.2, 0.25) is 10.0 Å². The first kappa shape index (κ1) is 16.3. The van der Waals surface area contributed by atoms with Crippen LogP contribution in [0.2, 0.25) is 5.02 Å². The van der Waals surface area contributed by atoms with Crippen molar-refractivity contribution in [1.82, 2.24) is 0 Å². The van der Waals surface area contributed by atoms with Crippen LogP contribution in [0, 0.1) is 0 Å². The summed E-state index contributed by atoms with van der Waals surface area (Å²) in [5, 5.41) is 9.19. The zero-order chi connectivity index (χ0) is 16.3. The van der Waals surface area contributed by atoms with Crippen LogP contribution in [0.5, 0.6) is 0 Å². The Labute approximate surface area is 133 Å². The molecule has 0 aliphatic rings. The Morgan fingerprint density at radius 1 is 1.18 bits per heavy atom. The van der Waals surface area contributed by atoms with Crippen LogP contribution < -0.4 is 4.31 Å². The van der Waals surface area contributed by atoms with Crippen LogP contribution in [0.4, 0.5) is 5.69 Å². The van der Waals surface area contributed by atoms with Gasteiger partial charge in [0, 0.05) is 12.1 Å². The van der Waals surface area contributed by atoms with E-state index in [0.717, 1.165) is 4.31 Å². The summed E-state index contributed by atoms with van der Waals surface area (Å²) in [6.45, 7) is 0. The Bertz CT molecular complexity index is 790. The van der Waals surface area contributed by atoms with Gasteiger partial charge in [-0.15, -0.1) is 0 Å². The van der Waals surface area contributed by atoms with E-state index < -0.39 is 16.0 Å². The number of sulfonamides is 1. The maximum Gasteiger partial charge on any atom is 0.335 e. The number of anilines is 1. The van der Waals surface area contributed by atoms with Crippen molar-refractivity contribution in [2.45, 2.75) is 5.75 Å². The highest BCUT2D eigenvalue weighted by Crippen LogP contribution is 2.25. The maximum atomic E-state index is 12.4. The van der Waals surface area contributed by atoms with Gasteiger partial charge in [0.25, 0.3) is 0 Å². The van der Waals surface area contributed by atoms with Crippen LogP contribution in [-0.2, 0) is 15.8 Å². The summed E-state index contributed by atoms with van der Waals surface area (Å²) < 4.78 is 25.9. The SMILES string of the molecule is CN(c1cc(Cl)cc(C(=O)O)c1)S(=O)(=O)Cc1ccccc1. The highest BCUT2D eigenvalue weighted by molar-refractivity contribution is 7.92. The van der Waals surface area contributed by atoms with E-state index in [-0.39, 0.29) is 22.0 Å². The highest BCUT2D eigenvalue weighted by atomic mass is 35.5. The normalized spacial score (nSPS) is 11.2. The Morgan fingerprint density at radius 2 is 1.82 bits per heavy atom. The summed E-state index contributed by atoms with van der Waals surface area (Å²) in [6.07, 6.45) is 0. The van der Waals surface area contributed by atoms with E-state index in [1.54, 1.807) is 30.3 Å². The van der Waals surface area contributed by atoms with Gasteiger partial charge in [-0.25, -0.2) is 13.2 Å². The van der Waals surface area contributed by atoms with Crippen molar-refractivity contribution in [1.29, 1.82) is 0 Å². The molecule has 116 valence electrons. The second-order valence-electron chi connectivity index (χ2n) is 4.71. The van der Waals surface area contributed by atoms with E-state index in [2.05, 4.69) is 0 Å². The first-order chi connectivity index (χ1) is 10.3. The van der Waals surface area contributed by atoms with Gasteiger partial charge in [-0.2, -0.15) is 0 Å². The number of carbonyl (C=O) groups is 1. The summed E-state index contributed by atoms with van der Waals surface area (Å²) in [6, 6.07) is 12.7. The molecule has 0 saturated carbocycles. The fraction of sp³-hybridized carbons (Fsp3) is 0.133. The second kappa shape index (κ2) is 6.37. The lowest BCUT2D eigenvalue weighted by atomic mass is 10.2. The molecule has 7 heteroatoms. The fourth-order valence-corrected chi connectivity index (χ4v) is 3.38. The molecular weight excluding hydrogens is 326 g/mol. The standard InChI is InChI=1S/C15H14ClNO4S/c1-17(14-8-12(15(18)19)7-13(16)9-14)22(20,21)10-11-5-3-2-4-6-11/h2-9H,10H2,1H3,(H,18,19). The minimum Gasteiger partial charge on any atom is -0.478 e. The molecule has 2 aromatic rings. The topological polar surface area (TPSA) is 74.7 Å². The number of benzene rings is 2. The molecule has 22 heavy (non-hydrogen) atoms. The van der Waals surface area contributed by atoms with Crippen molar-refractivity contribution in [2.75, 3.05) is 11.4 Å². The Hall–Kier alpha value is -2.05. The van der Waals surface area contributed by atoms with Gasteiger partial charge in [0.05, 0.1) is 17.0 Å². The molecule has 0 radical (unpaired) electrons. The molecule has 0 heterocycles. The van der Waals surface area contributed by atoms with Crippen LogP contribution in [0.25, 0.3) is 0 Å². The molecule has 1 N–H and O–H groups in total. The first-order valence-electron chi connectivity index (χ1n) is 6.34. The molecule has 0 fully saturated rings. The average molecular weight is 340 g/mol. The summed E-state index contributed by atoms with van der Waals surface area (Å²) in [7, 11) is -2.27. The van der Waals surface area contributed by atoms with E-state index in [9.17, 15) is 13.2 Å². The lowest BCUT2D eigenvalue weighted by Crippen LogP contribution is -2.28. The molecule has 0 aromatic heterocycles. The van der Waals surface area contributed by atoms with Crippen molar-refractivity contribution in [2.24, 2.45) is 0 Å². The van der Waals surface area contributed by atoms with Crippen LogP contribution >= 0.6 is 11.6 Å². The van der Waals surface area contributed by atoms with Gasteiger partial charge in [0.15, 0.2) is 0 Å². The van der Waals surface area contributed by atoms with Crippen molar-refractivity contribution >= 4 is 33.3 Å². The lowest BCUT2D eigenvalue weighted by Gasteiger charge is -2.20. The molecule has 0 bridgehead atoms. The number of carboxylic acids is 1. The quantitative estimate of drug-likeness (QED) is 0.908. The number of hydrogen-bond donors (Lipinski definition) is 1. The molecule has 0 saturated heterocycles. The van der Waals surface area contributed by atoms with Crippen LogP contribution in [0.3, 0.4) is 0 Å². The Morgan fingerprint density at radius 3 is 2.41 bits per heavy atom. The van der Waals surface area contributed by atoms with E-state index in [1.807, 2.05) is 0 Å². The number of rotatable bonds is 5. The molecule has 0 aliphatic carbocycles. The van der Waals surface area contributed by atoms with E-state index in [0.29, 0.717) is 5.56 Å². The highest BCUT2D eigenvalue weighted by Gasteiger charge is 2.20. The van der Waals surface area contributed by atoms with Gasteiger partial charge in [-0.1, -0.05) is 41.9 Å². The predicted octanol–water partition coefficient (Wildman–Crippen LogP) is 3.00. The number of halogens is 1. The maximum absolute atomic E-state index is 12.4. The zero-order valence-corrected chi connectivity index (χ0v) is 13.3. The molecule has 0 unspecified atom stereocenters. The summed E-state index contributed by atoms with van der Waals surface area (Å²) in [4.78, 5) is 11.0. The van der Waals surface area contributed by atoms with Gasteiger partial charge in [0.1, 0.15) is 0 Å². The molecule has 5 nitrogen and oxygen atoms in total. The van der Waals surface area contributed by atoms with Crippen molar-refractivity contribution in [3.63, 3.8) is 0 Å². The predicted molar refractivity (Wildman–Crippen MR) is 85.9 cm³/mol. The lowest BCUT2D eigenvalue weighted by molar-refractivity contribution is 0.0697. The molecular formula is C15H14ClNO4S. The minimum atomic E-state index is -3.64. The summed E-state index contributed by atoms with van der Waals surface area (Å²) in [5.41, 5.74) is 0.792. The van der Waals surface area contributed by atoms with Crippen LogP contribution in [0.15, 0.2) is 48.5 Å². The molecule has 2 aromatic carbocycles. The van der Waals surface area contributed by atoms with E-state index >= 15 is 0 Å². The Kier molecular flexibility index (Phi) is 4.73. The minimum absolute atomic E-state index is 0.0655. The average Bonchev–Trinajstić information content (AvgIpc) is 2.46. The number of nitrogens with zero attached hydrogens (tertiary/aromatic N) is 1. The summed E-state index contributed by atoms with van der Waals surface area (Å²) >= 11 is 5.86. The van der Waals surface area contributed by atoms with Gasteiger partial charge < -0.3 is 5.11 Å². The van der Waals surface area contributed by atoms with Gasteiger partial charge >= 0.3 is 5.97 Å². The van der Waals surface area contributed by atoms with Crippen molar-refractivity contribution < 1.29 is 18.3 Å². The van der Waals surface area contributed by atoms with Gasteiger partial charge in [-0.05, 0) is 23.8 Å². The molecule has 0 atom stereocenters. The fourth-order valence-electron chi connectivity index (χ4n) is 1.92. The monoisotopic (exact) mass is 339 g/mol. The first-order valence-corrected chi connectivity index (χ1v) is 8.33. The van der Waals surface area contributed by atoms with Crippen LogP contribution in [0.1, 0.15) is 15.9 Å². The van der Waals surface area contributed by atoms with E-state index in [1.165, 1.54) is 25.2 Å². The third-order valence-electron chi connectivity index (χ3n) is 3.10. The largest absolute Gasteiger partial charge is 0.478 e.